The topological polar surface area (TPSA) is 38.3 Å². The van der Waals surface area contributed by atoms with Crippen molar-refractivity contribution in [3.63, 3.8) is 0 Å². The van der Waals surface area contributed by atoms with Gasteiger partial charge in [-0.2, -0.15) is 0 Å². The molecule has 0 radical (unpaired) electrons. The summed E-state index contributed by atoms with van der Waals surface area (Å²) in [5.74, 6) is 0.408. The monoisotopic (exact) mass is 303 g/mol. The van der Waals surface area contributed by atoms with Crippen LogP contribution >= 0.6 is 11.6 Å². The van der Waals surface area contributed by atoms with Gasteiger partial charge >= 0.3 is 0 Å². The maximum Gasteiger partial charge on any atom is 0.255 e. The van der Waals surface area contributed by atoms with Crippen LogP contribution < -0.4 is 10.1 Å². The number of nitrogens with one attached hydrogen (secondary N) is 1. The van der Waals surface area contributed by atoms with Crippen molar-refractivity contribution < 1.29 is 9.53 Å². The molecule has 2 aromatic carbocycles. The maximum atomic E-state index is 12.3. The van der Waals surface area contributed by atoms with Gasteiger partial charge in [0.2, 0.25) is 0 Å². The SMILES string of the molecule is CCOc1ccc(C(=O)Nc2ccccc2CC)cc1Cl. The molecule has 0 saturated heterocycles. The second-order valence-corrected chi connectivity index (χ2v) is 4.95. The second kappa shape index (κ2) is 7.14. The molecule has 0 saturated carbocycles. The summed E-state index contributed by atoms with van der Waals surface area (Å²) in [6, 6.07) is 12.8. The minimum atomic E-state index is -0.180. The molecular formula is C17H18ClNO2. The van der Waals surface area contributed by atoms with Crippen molar-refractivity contribution in [1.82, 2.24) is 0 Å². The maximum absolute atomic E-state index is 12.3. The third-order valence-corrected chi connectivity index (χ3v) is 3.44. The summed E-state index contributed by atoms with van der Waals surface area (Å²) < 4.78 is 5.36. The smallest absolute Gasteiger partial charge is 0.255 e. The average molecular weight is 304 g/mol. The van der Waals surface area contributed by atoms with Crippen LogP contribution in [0.2, 0.25) is 5.02 Å². The van der Waals surface area contributed by atoms with Gasteiger partial charge in [0.25, 0.3) is 5.91 Å². The first-order valence-electron chi connectivity index (χ1n) is 6.97. The zero-order chi connectivity index (χ0) is 15.2. The highest BCUT2D eigenvalue weighted by Crippen LogP contribution is 2.26. The molecule has 1 N–H and O–H groups in total. The minimum Gasteiger partial charge on any atom is -0.492 e. The average Bonchev–Trinajstić information content (AvgIpc) is 2.50. The van der Waals surface area contributed by atoms with Crippen LogP contribution in [0.4, 0.5) is 5.69 Å². The highest BCUT2D eigenvalue weighted by Gasteiger charge is 2.11. The summed E-state index contributed by atoms with van der Waals surface area (Å²) in [4.78, 5) is 12.3. The lowest BCUT2D eigenvalue weighted by Gasteiger charge is -2.11. The van der Waals surface area contributed by atoms with E-state index in [1.54, 1.807) is 18.2 Å². The predicted molar refractivity (Wildman–Crippen MR) is 86.4 cm³/mol. The molecule has 0 aliphatic carbocycles. The van der Waals surface area contributed by atoms with Crippen molar-refractivity contribution in [1.29, 1.82) is 0 Å². The van der Waals surface area contributed by atoms with Gasteiger partial charge in [-0.05, 0) is 43.2 Å². The molecule has 21 heavy (non-hydrogen) atoms. The van der Waals surface area contributed by atoms with Crippen LogP contribution in [0.1, 0.15) is 29.8 Å². The largest absolute Gasteiger partial charge is 0.492 e. The van der Waals surface area contributed by atoms with E-state index in [4.69, 9.17) is 16.3 Å². The molecule has 0 unspecified atom stereocenters. The normalized spacial score (nSPS) is 10.2. The Labute approximate surface area is 129 Å². The summed E-state index contributed by atoms with van der Waals surface area (Å²) in [5, 5.41) is 3.36. The number of rotatable bonds is 5. The van der Waals surface area contributed by atoms with Gasteiger partial charge in [-0.25, -0.2) is 0 Å². The molecule has 0 aliphatic heterocycles. The molecule has 4 heteroatoms. The summed E-state index contributed by atoms with van der Waals surface area (Å²) in [6.45, 7) is 4.48. The summed E-state index contributed by atoms with van der Waals surface area (Å²) in [7, 11) is 0. The number of anilines is 1. The van der Waals surface area contributed by atoms with E-state index in [2.05, 4.69) is 12.2 Å². The van der Waals surface area contributed by atoms with Crippen LogP contribution in [-0.2, 0) is 6.42 Å². The lowest BCUT2D eigenvalue weighted by Crippen LogP contribution is -2.13. The number of carbonyl (C=O) groups is 1. The van der Waals surface area contributed by atoms with Crippen molar-refractivity contribution in [3.05, 3.63) is 58.6 Å². The first-order valence-corrected chi connectivity index (χ1v) is 7.35. The molecule has 2 aromatic rings. The van der Waals surface area contributed by atoms with Crippen LogP contribution in [0.5, 0.6) is 5.75 Å². The van der Waals surface area contributed by atoms with Crippen LogP contribution in [0, 0.1) is 0 Å². The molecular weight excluding hydrogens is 286 g/mol. The van der Waals surface area contributed by atoms with Gasteiger partial charge in [0, 0.05) is 11.3 Å². The summed E-state index contributed by atoms with van der Waals surface area (Å²) >= 11 is 6.11. The van der Waals surface area contributed by atoms with Crippen molar-refractivity contribution in [2.75, 3.05) is 11.9 Å². The molecule has 0 aromatic heterocycles. The third kappa shape index (κ3) is 3.76. The standard InChI is InChI=1S/C17H18ClNO2/c1-3-12-7-5-6-8-15(12)19-17(20)13-9-10-16(21-4-2)14(18)11-13/h5-11H,3-4H2,1-2H3,(H,19,20). The minimum absolute atomic E-state index is 0.180. The number of para-hydroxylation sites is 1. The molecule has 0 fully saturated rings. The van der Waals surface area contributed by atoms with Crippen molar-refractivity contribution in [2.45, 2.75) is 20.3 Å². The molecule has 0 aliphatic rings. The first kappa shape index (κ1) is 15.4. The Hall–Kier alpha value is -2.00. The van der Waals surface area contributed by atoms with Crippen LogP contribution in [0.15, 0.2) is 42.5 Å². The molecule has 0 bridgehead atoms. The van der Waals surface area contributed by atoms with Crippen LogP contribution in [-0.4, -0.2) is 12.5 Å². The van der Waals surface area contributed by atoms with E-state index in [0.29, 0.717) is 22.9 Å². The first-order chi connectivity index (χ1) is 10.2. The van der Waals surface area contributed by atoms with Gasteiger partial charge in [-0.3, -0.25) is 4.79 Å². The van der Waals surface area contributed by atoms with E-state index >= 15 is 0 Å². The summed E-state index contributed by atoms with van der Waals surface area (Å²) in [6.07, 6.45) is 0.862. The van der Waals surface area contributed by atoms with E-state index in [1.165, 1.54) is 0 Å². The Bertz CT molecular complexity index is 640. The predicted octanol–water partition coefficient (Wildman–Crippen LogP) is 4.55. The van der Waals surface area contributed by atoms with Gasteiger partial charge in [0.15, 0.2) is 0 Å². The highest BCUT2D eigenvalue weighted by molar-refractivity contribution is 6.32. The van der Waals surface area contributed by atoms with Crippen molar-refractivity contribution >= 4 is 23.2 Å². The number of carbonyl (C=O) groups excluding carboxylic acids is 1. The zero-order valence-electron chi connectivity index (χ0n) is 12.2. The van der Waals surface area contributed by atoms with Gasteiger partial charge in [-0.15, -0.1) is 0 Å². The van der Waals surface area contributed by atoms with Crippen molar-refractivity contribution in [3.8, 4) is 5.75 Å². The molecule has 0 heterocycles. The van der Waals surface area contributed by atoms with Gasteiger partial charge in [0.1, 0.15) is 5.75 Å². The number of ether oxygens (including phenoxy) is 1. The number of benzene rings is 2. The molecule has 1 amide bonds. The lowest BCUT2D eigenvalue weighted by atomic mass is 10.1. The van der Waals surface area contributed by atoms with E-state index in [-0.39, 0.29) is 5.91 Å². The Morgan fingerprint density at radius 2 is 1.95 bits per heavy atom. The molecule has 2 rings (SSSR count). The van der Waals surface area contributed by atoms with E-state index < -0.39 is 0 Å². The number of aryl methyl sites for hydroxylation is 1. The van der Waals surface area contributed by atoms with Gasteiger partial charge in [0.05, 0.1) is 11.6 Å². The van der Waals surface area contributed by atoms with Gasteiger partial charge < -0.3 is 10.1 Å². The number of halogens is 1. The van der Waals surface area contributed by atoms with Gasteiger partial charge in [-0.1, -0.05) is 36.7 Å². The third-order valence-electron chi connectivity index (χ3n) is 3.14. The Kier molecular flexibility index (Phi) is 5.23. The fourth-order valence-corrected chi connectivity index (χ4v) is 2.29. The number of hydrogen-bond acceptors (Lipinski definition) is 2. The fourth-order valence-electron chi connectivity index (χ4n) is 2.06. The molecule has 0 spiro atoms. The lowest BCUT2D eigenvalue weighted by molar-refractivity contribution is 0.102. The Morgan fingerprint density at radius 3 is 2.62 bits per heavy atom. The quantitative estimate of drug-likeness (QED) is 0.879. The molecule has 110 valence electrons. The zero-order valence-corrected chi connectivity index (χ0v) is 12.9. The Morgan fingerprint density at radius 1 is 1.19 bits per heavy atom. The highest BCUT2D eigenvalue weighted by atomic mass is 35.5. The van der Waals surface area contributed by atoms with E-state index in [0.717, 1.165) is 17.7 Å². The van der Waals surface area contributed by atoms with Crippen molar-refractivity contribution in [2.24, 2.45) is 0 Å². The molecule has 0 atom stereocenters. The van der Waals surface area contributed by atoms with E-state index in [1.807, 2.05) is 31.2 Å². The molecule has 3 nitrogen and oxygen atoms in total. The Balaban J connectivity index is 2.19. The second-order valence-electron chi connectivity index (χ2n) is 4.54. The van der Waals surface area contributed by atoms with E-state index in [9.17, 15) is 4.79 Å². The van der Waals surface area contributed by atoms with Crippen LogP contribution in [0.25, 0.3) is 0 Å². The summed E-state index contributed by atoms with van der Waals surface area (Å²) in [5.41, 5.74) is 2.44. The fraction of sp³-hybridized carbons (Fsp3) is 0.235. The van der Waals surface area contributed by atoms with Crippen LogP contribution in [0.3, 0.4) is 0 Å². The number of amides is 1. The number of hydrogen-bond donors (Lipinski definition) is 1.